The van der Waals surface area contributed by atoms with Crippen LogP contribution >= 0.6 is 0 Å². The third-order valence-corrected chi connectivity index (χ3v) is 7.02. The van der Waals surface area contributed by atoms with Gasteiger partial charge in [-0.3, -0.25) is 4.79 Å². The van der Waals surface area contributed by atoms with E-state index in [-0.39, 0.29) is 30.3 Å². The highest BCUT2D eigenvalue weighted by molar-refractivity contribution is 5.97. The smallest absolute Gasteiger partial charge is 0.348 e. The van der Waals surface area contributed by atoms with Crippen LogP contribution in [0.2, 0.25) is 0 Å². The van der Waals surface area contributed by atoms with Crippen molar-refractivity contribution in [2.24, 2.45) is 0 Å². The van der Waals surface area contributed by atoms with Gasteiger partial charge in [0, 0.05) is 12.5 Å². The second kappa shape index (κ2) is 20.2. The maximum absolute atomic E-state index is 12.4. The Kier molecular flexibility index (Phi) is 16.9. The molecule has 0 aliphatic carbocycles. The summed E-state index contributed by atoms with van der Waals surface area (Å²) < 4.78 is 15.4. The number of carbonyl (C=O) groups is 2. The molecule has 7 heteroatoms. The van der Waals surface area contributed by atoms with Crippen LogP contribution in [0.3, 0.4) is 0 Å². The van der Waals surface area contributed by atoms with Gasteiger partial charge >= 0.3 is 11.9 Å². The number of ether oxygens (including phenoxy) is 3. The molecule has 39 heavy (non-hydrogen) atoms. The van der Waals surface area contributed by atoms with Crippen LogP contribution in [0.1, 0.15) is 120 Å². The third-order valence-electron chi connectivity index (χ3n) is 7.02. The van der Waals surface area contributed by atoms with Crippen LogP contribution in [0.25, 0.3) is 6.08 Å². The van der Waals surface area contributed by atoms with E-state index >= 15 is 0 Å². The molecular formula is C32H48N2O5. The maximum atomic E-state index is 12.4. The number of benzene rings is 1. The van der Waals surface area contributed by atoms with Gasteiger partial charge in [-0.25, -0.2) is 4.79 Å². The summed E-state index contributed by atoms with van der Waals surface area (Å²) in [5.41, 5.74) is 1.75. The predicted octanol–water partition coefficient (Wildman–Crippen LogP) is 7.17. The number of esters is 2. The molecule has 2 atom stereocenters. The van der Waals surface area contributed by atoms with Crippen LogP contribution in [-0.4, -0.2) is 38.5 Å². The fourth-order valence-corrected chi connectivity index (χ4v) is 4.54. The first-order valence-corrected chi connectivity index (χ1v) is 14.9. The quantitative estimate of drug-likeness (QED) is 0.0547. The van der Waals surface area contributed by atoms with E-state index < -0.39 is 5.97 Å². The lowest BCUT2D eigenvalue weighted by Gasteiger charge is -2.16. The molecule has 1 heterocycles. The Hall–Kier alpha value is -2.69. The molecule has 1 N–H and O–H groups in total. The Bertz CT molecular complexity index is 902. The lowest BCUT2D eigenvalue weighted by atomic mass is 10.00. The van der Waals surface area contributed by atoms with Crippen LogP contribution in [0.15, 0.2) is 29.8 Å². The van der Waals surface area contributed by atoms with Crippen LogP contribution in [0, 0.1) is 11.3 Å². The fraction of sp³-hybridized carbons (Fsp3) is 0.656. The zero-order valence-electron chi connectivity index (χ0n) is 24.1. The second-order valence-electron chi connectivity index (χ2n) is 10.3. The van der Waals surface area contributed by atoms with Crippen molar-refractivity contribution in [3.8, 4) is 6.07 Å². The van der Waals surface area contributed by atoms with Crippen LogP contribution < -0.4 is 5.32 Å². The minimum atomic E-state index is -0.577. The number of nitrogens with zero attached hydrogens (tertiary/aromatic N) is 1. The van der Waals surface area contributed by atoms with E-state index in [1.807, 2.05) is 37.4 Å². The number of rotatable bonds is 22. The fourth-order valence-electron chi connectivity index (χ4n) is 4.54. The normalized spacial score (nSPS) is 15.4. The standard InChI is InChI=1S/C32H48N2O5/c1-3-4-5-6-7-8-9-10-11-12-13-14-15-22-37-32(36)28(24-33)23-26-16-18-27(19-17-26)29(34-2)20-21-30(35)39-31-25-38-31/h16-19,23,29,31,34H,3-15,20-22,25H2,1-2H3/b28-23+. The van der Waals surface area contributed by atoms with Crippen molar-refractivity contribution in [2.45, 2.75) is 116 Å². The number of hydrogen-bond acceptors (Lipinski definition) is 7. The lowest BCUT2D eigenvalue weighted by molar-refractivity contribution is -0.148. The van der Waals surface area contributed by atoms with E-state index in [4.69, 9.17) is 14.2 Å². The van der Waals surface area contributed by atoms with Gasteiger partial charge in [-0.15, -0.1) is 0 Å². The number of carbonyl (C=O) groups excluding carboxylic acids is 2. The predicted molar refractivity (Wildman–Crippen MR) is 154 cm³/mol. The van der Waals surface area contributed by atoms with Gasteiger partial charge in [-0.05, 0) is 37.1 Å². The molecule has 0 radical (unpaired) electrons. The van der Waals surface area contributed by atoms with Gasteiger partial charge in [-0.2, -0.15) is 5.26 Å². The van der Waals surface area contributed by atoms with Crippen molar-refractivity contribution in [1.82, 2.24) is 5.32 Å². The van der Waals surface area contributed by atoms with Crippen molar-refractivity contribution in [3.05, 3.63) is 41.0 Å². The van der Waals surface area contributed by atoms with Crippen molar-refractivity contribution in [3.63, 3.8) is 0 Å². The highest BCUT2D eigenvalue weighted by Crippen LogP contribution is 2.21. The highest BCUT2D eigenvalue weighted by Gasteiger charge is 2.27. The minimum absolute atomic E-state index is 0.00680. The summed E-state index contributed by atoms with van der Waals surface area (Å²) in [7, 11) is 1.84. The minimum Gasteiger partial charge on any atom is -0.462 e. The summed E-state index contributed by atoms with van der Waals surface area (Å²) in [5.74, 6) is -0.847. The molecule has 2 rings (SSSR count). The largest absolute Gasteiger partial charge is 0.462 e. The summed E-state index contributed by atoms with van der Waals surface area (Å²) in [4.78, 5) is 24.2. The Morgan fingerprint density at radius 3 is 2.08 bits per heavy atom. The number of epoxide rings is 1. The van der Waals surface area contributed by atoms with Gasteiger partial charge in [0.25, 0.3) is 0 Å². The number of hydrogen-bond donors (Lipinski definition) is 1. The van der Waals surface area contributed by atoms with Gasteiger partial charge in [0.1, 0.15) is 18.2 Å². The number of unbranched alkanes of at least 4 members (excludes halogenated alkanes) is 12. The number of nitrogens with one attached hydrogen (secondary N) is 1. The van der Waals surface area contributed by atoms with Gasteiger partial charge in [-0.1, -0.05) is 108 Å². The second-order valence-corrected chi connectivity index (χ2v) is 10.3. The molecule has 1 aliphatic heterocycles. The molecule has 1 aliphatic rings. The summed E-state index contributed by atoms with van der Waals surface area (Å²) in [6, 6.07) is 9.51. The van der Waals surface area contributed by atoms with Gasteiger partial charge < -0.3 is 19.5 Å². The molecule has 1 aromatic rings. The molecule has 0 amide bonds. The SMILES string of the molecule is CCCCCCCCCCCCCCCOC(=O)/C(C#N)=C/c1ccc(C(CCC(=O)OC2CO2)NC)cc1. The Morgan fingerprint density at radius 2 is 1.56 bits per heavy atom. The first-order chi connectivity index (χ1) is 19.1. The highest BCUT2D eigenvalue weighted by atomic mass is 16.8. The van der Waals surface area contributed by atoms with E-state index in [0.29, 0.717) is 19.6 Å². The van der Waals surface area contributed by atoms with Crippen LogP contribution in [0.4, 0.5) is 0 Å². The van der Waals surface area contributed by atoms with E-state index in [0.717, 1.165) is 30.4 Å². The average Bonchev–Trinajstić information content (AvgIpc) is 3.76. The van der Waals surface area contributed by atoms with Gasteiger partial charge in [0.2, 0.25) is 6.29 Å². The lowest BCUT2D eigenvalue weighted by Crippen LogP contribution is -2.18. The first kappa shape index (κ1) is 32.5. The molecule has 0 spiro atoms. The van der Waals surface area contributed by atoms with Crippen molar-refractivity contribution in [1.29, 1.82) is 5.26 Å². The molecule has 1 fully saturated rings. The molecule has 1 saturated heterocycles. The summed E-state index contributed by atoms with van der Waals surface area (Å²) in [5, 5.41) is 12.7. The monoisotopic (exact) mass is 540 g/mol. The maximum Gasteiger partial charge on any atom is 0.348 e. The van der Waals surface area contributed by atoms with Crippen molar-refractivity contribution < 1.29 is 23.8 Å². The first-order valence-electron chi connectivity index (χ1n) is 14.9. The molecule has 0 bridgehead atoms. The Balaban J connectivity index is 1.61. The van der Waals surface area contributed by atoms with Crippen LogP contribution in [0.5, 0.6) is 0 Å². The zero-order chi connectivity index (χ0) is 28.1. The molecule has 2 unspecified atom stereocenters. The Morgan fingerprint density at radius 1 is 1.00 bits per heavy atom. The molecule has 216 valence electrons. The zero-order valence-corrected chi connectivity index (χ0v) is 24.1. The summed E-state index contributed by atoms with van der Waals surface area (Å²) in [6.07, 6.45) is 18.5. The van der Waals surface area contributed by atoms with Crippen molar-refractivity contribution in [2.75, 3.05) is 20.3 Å². The van der Waals surface area contributed by atoms with Crippen LogP contribution in [-0.2, 0) is 23.8 Å². The van der Waals surface area contributed by atoms with Gasteiger partial charge in [0.15, 0.2) is 0 Å². The summed E-state index contributed by atoms with van der Waals surface area (Å²) >= 11 is 0. The van der Waals surface area contributed by atoms with Gasteiger partial charge in [0.05, 0.1) is 6.61 Å². The molecule has 0 aromatic heterocycles. The molecule has 0 saturated carbocycles. The summed E-state index contributed by atoms with van der Waals surface area (Å²) in [6.45, 7) is 3.08. The van der Waals surface area contributed by atoms with Crippen molar-refractivity contribution >= 4 is 18.0 Å². The average molecular weight is 541 g/mol. The molecular weight excluding hydrogens is 492 g/mol. The number of nitriles is 1. The Labute approximate surface area is 235 Å². The molecule has 1 aromatic carbocycles. The van der Waals surface area contributed by atoms with E-state index in [1.54, 1.807) is 6.08 Å². The van der Waals surface area contributed by atoms with E-state index in [2.05, 4.69) is 12.2 Å². The topological polar surface area (TPSA) is 101 Å². The van der Waals surface area contributed by atoms with E-state index in [1.165, 1.54) is 64.2 Å². The third kappa shape index (κ3) is 14.9. The molecule has 7 nitrogen and oxygen atoms in total. The van der Waals surface area contributed by atoms with E-state index in [9.17, 15) is 14.9 Å².